The Morgan fingerprint density at radius 3 is 2.37 bits per heavy atom. The number of carbonyl (C=O) groups is 3. The molecule has 1 saturated heterocycles. The summed E-state index contributed by atoms with van der Waals surface area (Å²) < 4.78 is 2.17. The van der Waals surface area contributed by atoms with Crippen molar-refractivity contribution in [2.75, 3.05) is 0 Å². The first-order valence-corrected chi connectivity index (χ1v) is 12.7. The molecule has 0 bridgehead atoms. The zero-order valence-corrected chi connectivity index (χ0v) is 20.5. The fourth-order valence-corrected chi connectivity index (χ4v) is 6.24. The molecule has 0 N–H and O–H groups in total. The zero-order chi connectivity index (χ0) is 24.3. The van der Waals surface area contributed by atoms with Gasteiger partial charge in [0.15, 0.2) is 0 Å². The summed E-state index contributed by atoms with van der Waals surface area (Å²) in [6.07, 6.45) is 1.33. The van der Waals surface area contributed by atoms with Crippen LogP contribution in [0.15, 0.2) is 60.0 Å². The molecule has 1 unspecified atom stereocenters. The Balaban J connectivity index is 1.37. The van der Waals surface area contributed by atoms with Gasteiger partial charge in [-0.05, 0) is 54.6 Å². The second-order valence-electron chi connectivity index (χ2n) is 9.31. The van der Waals surface area contributed by atoms with E-state index in [-0.39, 0.29) is 30.3 Å². The predicted molar refractivity (Wildman–Crippen MR) is 135 cm³/mol. The van der Waals surface area contributed by atoms with Crippen molar-refractivity contribution in [2.45, 2.75) is 38.9 Å². The Morgan fingerprint density at radius 2 is 1.69 bits per heavy atom. The number of hydrogen-bond acceptors (Lipinski definition) is 4. The number of benzene rings is 2. The molecule has 4 aromatic rings. The largest absolute Gasteiger partial charge is 0.348 e. The van der Waals surface area contributed by atoms with Crippen LogP contribution in [0.1, 0.15) is 61.3 Å². The van der Waals surface area contributed by atoms with E-state index in [4.69, 9.17) is 0 Å². The SMILES string of the molecule is Cc1c(C2CCC(=O)N2Cc2cccs2)c2cc(CN3C(=O)c4ccccc4C3=O)ccc2n1C. The highest BCUT2D eigenvalue weighted by Crippen LogP contribution is 2.41. The number of aryl methyl sites for hydroxylation is 1. The van der Waals surface area contributed by atoms with Crippen LogP contribution >= 0.6 is 11.3 Å². The van der Waals surface area contributed by atoms with Gasteiger partial charge in [0, 0.05) is 40.5 Å². The summed E-state index contributed by atoms with van der Waals surface area (Å²) in [5.74, 6) is -0.320. The molecule has 2 aliphatic heterocycles. The third-order valence-electron chi connectivity index (χ3n) is 7.39. The van der Waals surface area contributed by atoms with Gasteiger partial charge in [-0.15, -0.1) is 11.3 Å². The summed E-state index contributed by atoms with van der Waals surface area (Å²) in [6.45, 7) is 2.94. The van der Waals surface area contributed by atoms with Crippen LogP contribution < -0.4 is 0 Å². The summed E-state index contributed by atoms with van der Waals surface area (Å²) >= 11 is 1.67. The van der Waals surface area contributed by atoms with Crippen molar-refractivity contribution in [1.29, 1.82) is 0 Å². The number of amides is 3. The molecule has 3 amide bonds. The minimum absolute atomic E-state index is 0.00264. The maximum Gasteiger partial charge on any atom is 0.261 e. The van der Waals surface area contributed by atoms with Gasteiger partial charge >= 0.3 is 0 Å². The van der Waals surface area contributed by atoms with E-state index >= 15 is 0 Å². The molecule has 6 nitrogen and oxygen atoms in total. The number of hydrogen-bond donors (Lipinski definition) is 0. The van der Waals surface area contributed by atoms with E-state index < -0.39 is 0 Å². The first-order chi connectivity index (χ1) is 16.9. The van der Waals surface area contributed by atoms with E-state index in [9.17, 15) is 14.4 Å². The summed E-state index contributed by atoms with van der Waals surface area (Å²) in [5.41, 5.74) is 5.20. The van der Waals surface area contributed by atoms with Gasteiger partial charge in [-0.25, -0.2) is 0 Å². The van der Waals surface area contributed by atoms with Crippen molar-refractivity contribution in [2.24, 2.45) is 7.05 Å². The lowest BCUT2D eigenvalue weighted by Gasteiger charge is -2.25. The highest BCUT2D eigenvalue weighted by molar-refractivity contribution is 7.09. The normalized spacial score (nSPS) is 17.8. The van der Waals surface area contributed by atoms with Crippen LogP contribution in [0, 0.1) is 6.92 Å². The second kappa shape index (κ2) is 8.20. The Bertz CT molecular complexity index is 1470. The maximum atomic E-state index is 12.9. The highest BCUT2D eigenvalue weighted by atomic mass is 32.1. The molecule has 2 aromatic heterocycles. The minimum Gasteiger partial charge on any atom is -0.348 e. The smallest absolute Gasteiger partial charge is 0.261 e. The minimum atomic E-state index is -0.251. The topological polar surface area (TPSA) is 62.6 Å². The predicted octanol–water partition coefficient (Wildman–Crippen LogP) is 5.21. The Hall–Kier alpha value is -3.71. The molecule has 0 saturated carbocycles. The summed E-state index contributed by atoms with van der Waals surface area (Å²) in [6, 6.07) is 17.2. The quantitative estimate of drug-likeness (QED) is 0.366. The Labute approximate surface area is 207 Å². The first kappa shape index (κ1) is 21.8. The van der Waals surface area contributed by atoms with Crippen LogP contribution in [-0.2, 0) is 24.9 Å². The van der Waals surface area contributed by atoms with Gasteiger partial charge in [0.05, 0.1) is 30.3 Å². The molecule has 4 heterocycles. The lowest BCUT2D eigenvalue weighted by atomic mass is 9.99. The molecular weight excluding hydrogens is 458 g/mol. The van der Waals surface area contributed by atoms with E-state index in [0.717, 1.165) is 34.1 Å². The van der Waals surface area contributed by atoms with Gasteiger partial charge in [0.2, 0.25) is 5.91 Å². The average molecular weight is 484 g/mol. The highest BCUT2D eigenvalue weighted by Gasteiger charge is 2.37. The monoisotopic (exact) mass is 483 g/mol. The first-order valence-electron chi connectivity index (χ1n) is 11.8. The van der Waals surface area contributed by atoms with Gasteiger partial charge < -0.3 is 9.47 Å². The molecule has 35 heavy (non-hydrogen) atoms. The number of imide groups is 1. The van der Waals surface area contributed by atoms with E-state index in [1.807, 2.05) is 29.5 Å². The molecule has 6 rings (SSSR count). The van der Waals surface area contributed by atoms with Crippen molar-refractivity contribution in [3.8, 4) is 0 Å². The Kier molecular flexibility index (Phi) is 5.11. The molecule has 1 fully saturated rings. The maximum absolute atomic E-state index is 12.9. The lowest BCUT2D eigenvalue weighted by Crippen LogP contribution is -2.29. The molecule has 1 atom stereocenters. The van der Waals surface area contributed by atoms with E-state index in [1.54, 1.807) is 35.6 Å². The van der Waals surface area contributed by atoms with Crippen LogP contribution in [0.25, 0.3) is 10.9 Å². The number of nitrogens with zero attached hydrogens (tertiary/aromatic N) is 3. The molecule has 0 aliphatic carbocycles. The molecule has 2 aromatic carbocycles. The van der Waals surface area contributed by atoms with E-state index in [2.05, 4.69) is 29.7 Å². The van der Waals surface area contributed by atoms with E-state index in [0.29, 0.717) is 24.1 Å². The zero-order valence-electron chi connectivity index (χ0n) is 19.7. The number of likely N-dealkylation sites (tertiary alicyclic amines) is 1. The van der Waals surface area contributed by atoms with Crippen LogP contribution in [0.2, 0.25) is 0 Å². The third kappa shape index (κ3) is 3.41. The van der Waals surface area contributed by atoms with Gasteiger partial charge in [0.25, 0.3) is 11.8 Å². The molecule has 2 aliphatic rings. The fraction of sp³-hybridized carbons (Fsp3) is 0.250. The van der Waals surface area contributed by atoms with Gasteiger partial charge in [0.1, 0.15) is 0 Å². The Morgan fingerprint density at radius 1 is 0.943 bits per heavy atom. The standard InChI is InChI=1S/C28H25N3O3S/c1-17-26(24-11-12-25(32)30(24)16-19-6-5-13-35-19)22-14-18(9-10-23(22)29(17)2)15-31-27(33)20-7-3-4-8-21(20)28(31)34/h3-10,13-14,24H,11-12,15-16H2,1-2H3. The van der Waals surface area contributed by atoms with Crippen LogP contribution in [-0.4, -0.2) is 32.1 Å². The summed E-state index contributed by atoms with van der Waals surface area (Å²) in [7, 11) is 2.05. The third-order valence-corrected chi connectivity index (χ3v) is 8.25. The van der Waals surface area contributed by atoms with Crippen LogP contribution in [0.5, 0.6) is 0 Å². The number of fused-ring (bicyclic) bond motifs is 2. The van der Waals surface area contributed by atoms with E-state index in [1.165, 1.54) is 9.78 Å². The van der Waals surface area contributed by atoms with Crippen molar-refractivity contribution in [1.82, 2.24) is 14.4 Å². The van der Waals surface area contributed by atoms with Crippen molar-refractivity contribution in [3.05, 3.63) is 92.8 Å². The second-order valence-corrected chi connectivity index (χ2v) is 10.3. The fourth-order valence-electron chi connectivity index (χ4n) is 5.53. The molecular formula is C28H25N3O3S. The molecule has 176 valence electrons. The van der Waals surface area contributed by atoms with Gasteiger partial charge in [-0.2, -0.15) is 0 Å². The van der Waals surface area contributed by atoms with Crippen molar-refractivity contribution >= 4 is 40.0 Å². The number of aromatic nitrogens is 1. The lowest BCUT2D eigenvalue weighted by molar-refractivity contribution is -0.129. The van der Waals surface area contributed by atoms with Gasteiger partial charge in [-0.1, -0.05) is 24.3 Å². The molecule has 0 radical (unpaired) electrons. The van der Waals surface area contributed by atoms with Crippen molar-refractivity contribution < 1.29 is 14.4 Å². The molecule has 0 spiro atoms. The number of rotatable bonds is 5. The summed E-state index contributed by atoms with van der Waals surface area (Å²) in [5, 5.41) is 3.12. The summed E-state index contributed by atoms with van der Waals surface area (Å²) in [4.78, 5) is 43.2. The van der Waals surface area contributed by atoms with Crippen molar-refractivity contribution in [3.63, 3.8) is 0 Å². The van der Waals surface area contributed by atoms with Crippen LogP contribution in [0.4, 0.5) is 0 Å². The number of thiophene rings is 1. The average Bonchev–Trinajstić information content (AvgIpc) is 3.61. The molecule has 7 heteroatoms. The number of carbonyl (C=O) groups excluding carboxylic acids is 3. The van der Waals surface area contributed by atoms with Gasteiger partial charge in [-0.3, -0.25) is 19.3 Å². The van der Waals surface area contributed by atoms with Crippen LogP contribution in [0.3, 0.4) is 0 Å².